The molecule has 7 heteroatoms. The van der Waals surface area contributed by atoms with E-state index in [-0.39, 0.29) is 11.8 Å². The van der Waals surface area contributed by atoms with Gasteiger partial charge in [0.1, 0.15) is 11.4 Å². The first-order valence-electron chi connectivity index (χ1n) is 6.67. The highest BCUT2D eigenvalue weighted by atomic mass is 32.1. The van der Waals surface area contributed by atoms with Crippen molar-refractivity contribution in [1.82, 2.24) is 4.98 Å². The van der Waals surface area contributed by atoms with Gasteiger partial charge < -0.3 is 15.2 Å². The molecule has 1 heterocycles. The Kier molecular flexibility index (Phi) is 5.11. The summed E-state index contributed by atoms with van der Waals surface area (Å²) in [5.74, 6) is -0.599. The number of hydrogen-bond acceptors (Lipinski definition) is 5. The number of hydrogen-bond donors (Lipinski definition) is 2. The zero-order chi connectivity index (χ0) is 16.1. The number of carbonyl (C=O) groups excluding carboxylic acids is 1. The highest BCUT2D eigenvalue weighted by molar-refractivity contribution is 7.09. The van der Waals surface area contributed by atoms with E-state index in [1.165, 1.54) is 11.3 Å². The average Bonchev–Trinajstić information content (AvgIpc) is 2.96. The largest absolute Gasteiger partial charge is 0.482 e. The van der Waals surface area contributed by atoms with Gasteiger partial charge in [-0.3, -0.25) is 4.79 Å². The lowest BCUT2D eigenvalue weighted by Gasteiger charge is -2.06. The molecular formula is C15H16N2O4S. The molecule has 0 aliphatic rings. The van der Waals surface area contributed by atoms with Gasteiger partial charge in [0.15, 0.2) is 6.61 Å². The molecule has 0 saturated carbocycles. The van der Waals surface area contributed by atoms with Crippen molar-refractivity contribution in [3.05, 3.63) is 40.3 Å². The summed E-state index contributed by atoms with van der Waals surface area (Å²) in [5, 5.41) is 13.9. The van der Waals surface area contributed by atoms with E-state index in [0.717, 1.165) is 5.01 Å². The van der Waals surface area contributed by atoms with Gasteiger partial charge in [-0.2, -0.15) is 0 Å². The summed E-state index contributed by atoms with van der Waals surface area (Å²) < 4.78 is 5.02. The van der Waals surface area contributed by atoms with Crippen molar-refractivity contribution < 1.29 is 19.4 Å². The van der Waals surface area contributed by atoms with Gasteiger partial charge in [-0.25, -0.2) is 9.78 Å². The van der Waals surface area contributed by atoms with E-state index in [1.807, 2.05) is 13.8 Å². The Morgan fingerprint density at radius 2 is 2.00 bits per heavy atom. The van der Waals surface area contributed by atoms with Gasteiger partial charge in [-0.15, -0.1) is 11.3 Å². The van der Waals surface area contributed by atoms with Gasteiger partial charge in [-0.05, 0) is 24.3 Å². The first-order chi connectivity index (χ1) is 10.5. The van der Waals surface area contributed by atoms with Crippen LogP contribution in [-0.4, -0.2) is 28.6 Å². The third-order valence-corrected chi connectivity index (χ3v) is 3.87. The number of carboxylic acid groups (broad SMARTS) is 1. The number of aromatic nitrogens is 1. The van der Waals surface area contributed by atoms with Crippen LogP contribution in [0, 0.1) is 0 Å². The maximum absolute atomic E-state index is 12.1. The Morgan fingerprint density at radius 1 is 1.32 bits per heavy atom. The van der Waals surface area contributed by atoms with Crippen LogP contribution in [0.3, 0.4) is 0 Å². The summed E-state index contributed by atoms with van der Waals surface area (Å²) in [5.41, 5.74) is 0.978. The van der Waals surface area contributed by atoms with Crippen LogP contribution in [0.15, 0.2) is 29.6 Å². The number of benzene rings is 1. The second-order valence-corrected chi connectivity index (χ2v) is 5.78. The maximum Gasteiger partial charge on any atom is 0.341 e. The third-order valence-electron chi connectivity index (χ3n) is 2.72. The van der Waals surface area contributed by atoms with Crippen molar-refractivity contribution in [3.63, 3.8) is 0 Å². The number of carboxylic acids is 1. The number of rotatable bonds is 6. The van der Waals surface area contributed by atoms with Crippen LogP contribution in [0.25, 0.3) is 0 Å². The molecule has 1 amide bonds. The lowest BCUT2D eigenvalue weighted by atomic mass is 10.2. The van der Waals surface area contributed by atoms with Crippen molar-refractivity contribution in [2.24, 2.45) is 0 Å². The van der Waals surface area contributed by atoms with E-state index in [4.69, 9.17) is 9.84 Å². The molecule has 0 fully saturated rings. The van der Waals surface area contributed by atoms with E-state index in [2.05, 4.69) is 10.3 Å². The van der Waals surface area contributed by atoms with Crippen LogP contribution in [0.1, 0.15) is 35.3 Å². The Bertz CT molecular complexity index is 664. The van der Waals surface area contributed by atoms with Gasteiger partial charge in [-0.1, -0.05) is 13.8 Å². The van der Waals surface area contributed by atoms with E-state index in [9.17, 15) is 9.59 Å². The SMILES string of the molecule is CC(C)c1nc(C(=O)Nc2ccc(OCC(=O)O)cc2)cs1. The number of anilines is 1. The summed E-state index contributed by atoms with van der Waals surface area (Å²) >= 11 is 1.46. The van der Waals surface area contributed by atoms with Gasteiger partial charge in [0.2, 0.25) is 0 Å². The molecule has 0 spiro atoms. The molecule has 2 aromatic rings. The summed E-state index contributed by atoms with van der Waals surface area (Å²) in [6, 6.07) is 6.48. The predicted molar refractivity (Wildman–Crippen MR) is 83.7 cm³/mol. The van der Waals surface area contributed by atoms with Crippen molar-refractivity contribution in [2.45, 2.75) is 19.8 Å². The minimum absolute atomic E-state index is 0.276. The lowest BCUT2D eigenvalue weighted by molar-refractivity contribution is -0.139. The Morgan fingerprint density at radius 3 is 2.55 bits per heavy atom. The number of nitrogens with one attached hydrogen (secondary N) is 1. The molecule has 0 atom stereocenters. The number of ether oxygens (including phenoxy) is 1. The van der Waals surface area contributed by atoms with Crippen LogP contribution >= 0.6 is 11.3 Å². The first-order valence-corrected chi connectivity index (χ1v) is 7.55. The Labute approximate surface area is 131 Å². The minimum atomic E-state index is -1.04. The molecule has 2 rings (SSSR count). The maximum atomic E-state index is 12.1. The number of carbonyl (C=O) groups is 2. The molecule has 0 bridgehead atoms. The molecule has 116 valence electrons. The molecule has 0 saturated heterocycles. The van der Waals surface area contributed by atoms with E-state index < -0.39 is 12.6 Å². The average molecular weight is 320 g/mol. The van der Waals surface area contributed by atoms with E-state index in [1.54, 1.807) is 29.6 Å². The molecule has 0 aliphatic carbocycles. The summed E-state index contributed by atoms with van der Waals surface area (Å²) in [7, 11) is 0. The van der Waals surface area contributed by atoms with Crippen molar-refractivity contribution >= 4 is 28.9 Å². The normalized spacial score (nSPS) is 10.5. The van der Waals surface area contributed by atoms with E-state index in [0.29, 0.717) is 17.1 Å². The number of amides is 1. The zero-order valence-corrected chi connectivity index (χ0v) is 13.0. The molecule has 2 N–H and O–H groups in total. The first kappa shape index (κ1) is 16.0. The standard InChI is InChI=1S/C15H16N2O4S/c1-9(2)15-17-12(8-22-15)14(20)16-10-3-5-11(6-4-10)21-7-13(18)19/h3-6,8-9H,7H2,1-2H3,(H,16,20)(H,18,19). The zero-order valence-electron chi connectivity index (χ0n) is 12.2. The van der Waals surface area contributed by atoms with E-state index >= 15 is 0 Å². The topological polar surface area (TPSA) is 88.5 Å². The molecule has 0 unspecified atom stereocenters. The van der Waals surface area contributed by atoms with Crippen molar-refractivity contribution in [2.75, 3.05) is 11.9 Å². The fraction of sp³-hybridized carbons (Fsp3) is 0.267. The summed E-state index contributed by atoms with van der Waals surface area (Å²) in [4.78, 5) is 26.8. The summed E-state index contributed by atoms with van der Waals surface area (Å²) in [6.07, 6.45) is 0. The second-order valence-electron chi connectivity index (χ2n) is 4.89. The van der Waals surface area contributed by atoms with Gasteiger partial charge >= 0.3 is 5.97 Å². The fourth-order valence-electron chi connectivity index (χ4n) is 1.63. The minimum Gasteiger partial charge on any atom is -0.482 e. The molecule has 6 nitrogen and oxygen atoms in total. The van der Waals surface area contributed by atoms with Crippen LogP contribution in [0.2, 0.25) is 0 Å². The highest BCUT2D eigenvalue weighted by Gasteiger charge is 2.12. The number of nitrogens with zero attached hydrogens (tertiary/aromatic N) is 1. The molecule has 0 radical (unpaired) electrons. The van der Waals surface area contributed by atoms with Crippen LogP contribution < -0.4 is 10.1 Å². The quantitative estimate of drug-likeness (QED) is 0.854. The smallest absolute Gasteiger partial charge is 0.341 e. The van der Waals surface area contributed by atoms with Crippen molar-refractivity contribution in [3.8, 4) is 5.75 Å². The van der Waals surface area contributed by atoms with Gasteiger partial charge in [0.25, 0.3) is 5.91 Å². The number of thiazole rings is 1. The third kappa shape index (κ3) is 4.29. The summed E-state index contributed by atoms with van der Waals surface area (Å²) in [6.45, 7) is 3.65. The van der Waals surface area contributed by atoms with Crippen LogP contribution in [0.5, 0.6) is 5.75 Å². The predicted octanol–water partition coefficient (Wildman–Crippen LogP) is 2.98. The van der Waals surface area contributed by atoms with Gasteiger partial charge in [0, 0.05) is 17.0 Å². The molecule has 1 aromatic carbocycles. The van der Waals surface area contributed by atoms with Crippen LogP contribution in [-0.2, 0) is 4.79 Å². The van der Waals surface area contributed by atoms with Crippen LogP contribution in [0.4, 0.5) is 5.69 Å². The Balaban J connectivity index is 1.97. The second kappa shape index (κ2) is 7.04. The molecule has 0 aliphatic heterocycles. The highest BCUT2D eigenvalue weighted by Crippen LogP contribution is 2.20. The lowest BCUT2D eigenvalue weighted by Crippen LogP contribution is -2.12. The monoisotopic (exact) mass is 320 g/mol. The fourth-order valence-corrected chi connectivity index (χ4v) is 2.45. The van der Waals surface area contributed by atoms with Gasteiger partial charge in [0.05, 0.1) is 5.01 Å². The van der Waals surface area contributed by atoms with Crippen molar-refractivity contribution in [1.29, 1.82) is 0 Å². The number of aliphatic carboxylic acids is 1. The molecule has 22 heavy (non-hydrogen) atoms. The molecular weight excluding hydrogens is 304 g/mol. The molecule has 1 aromatic heterocycles. The Hall–Kier alpha value is -2.41.